The molecule has 1 aromatic carbocycles. The van der Waals surface area contributed by atoms with Crippen LogP contribution < -0.4 is 10.6 Å². The minimum atomic E-state index is -3.22. The smallest absolute Gasteiger partial charge is 0.191 e. The molecule has 1 aromatic rings. The van der Waals surface area contributed by atoms with E-state index in [1.807, 2.05) is 6.92 Å². The highest BCUT2D eigenvalue weighted by molar-refractivity contribution is 14.0. The normalized spacial score (nSPS) is 15.9. The lowest BCUT2D eigenvalue weighted by molar-refractivity contribution is 0.212. The molecule has 6 nitrogen and oxygen atoms in total. The summed E-state index contributed by atoms with van der Waals surface area (Å²) in [6.07, 6.45) is 3.12. The van der Waals surface area contributed by atoms with Gasteiger partial charge >= 0.3 is 0 Å². The van der Waals surface area contributed by atoms with Crippen molar-refractivity contribution in [2.24, 2.45) is 10.4 Å². The van der Waals surface area contributed by atoms with E-state index in [0.29, 0.717) is 30.2 Å². The number of hydrogen-bond acceptors (Lipinski definition) is 4. The summed E-state index contributed by atoms with van der Waals surface area (Å²) in [6, 6.07) is 4.07. The lowest BCUT2D eigenvalue weighted by atomic mass is 10.1. The van der Waals surface area contributed by atoms with E-state index in [9.17, 15) is 17.9 Å². The van der Waals surface area contributed by atoms with Gasteiger partial charge in [-0.25, -0.2) is 17.8 Å². The fourth-order valence-corrected chi connectivity index (χ4v) is 3.36. The second kappa shape index (κ2) is 9.84. The van der Waals surface area contributed by atoms with E-state index in [1.54, 1.807) is 0 Å². The number of nitrogens with one attached hydrogen (secondary N) is 2. The molecule has 1 aliphatic rings. The molecule has 26 heavy (non-hydrogen) atoms. The van der Waals surface area contributed by atoms with Gasteiger partial charge in [-0.1, -0.05) is 6.07 Å². The van der Waals surface area contributed by atoms with Crippen LogP contribution in [0.25, 0.3) is 0 Å². The molecule has 0 atom stereocenters. The Balaban J connectivity index is 0.00000338. The SMILES string of the molecule is CCNC(=NCc1cc(F)ccc1CS(C)(=O)=O)NCC1(CO)CC1.I. The molecule has 0 unspecified atom stereocenters. The number of guanidine groups is 1. The van der Waals surface area contributed by atoms with Gasteiger partial charge in [-0.05, 0) is 43.0 Å². The predicted molar refractivity (Wildman–Crippen MR) is 112 cm³/mol. The fraction of sp³-hybridized carbons (Fsp3) is 0.588. The summed E-state index contributed by atoms with van der Waals surface area (Å²) in [5.74, 6) is 0.00448. The molecular formula is C17H27FIN3O3S. The van der Waals surface area contributed by atoms with E-state index in [0.717, 1.165) is 19.1 Å². The third-order valence-electron chi connectivity index (χ3n) is 4.26. The molecule has 9 heteroatoms. The summed E-state index contributed by atoms with van der Waals surface area (Å²) in [5, 5.41) is 15.7. The number of aliphatic hydroxyl groups is 1. The van der Waals surface area contributed by atoms with Crippen LogP contribution in [0.2, 0.25) is 0 Å². The number of sulfone groups is 1. The van der Waals surface area contributed by atoms with E-state index >= 15 is 0 Å². The van der Waals surface area contributed by atoms with Gasteiger partial charge in [0.05, 0.1) is 18.9 Å². The van der Waals surface area contributed by atoms with Crippen molar-refractivity contribution in [1.82, 2.24) is 10.6 Å². The van der Waals surface area contributed by atoms with Gasteiger partial charge in [0.1, 0.15) is 5.82 Å². The van der Waals surface area contributed by atoms with E-state index in [4.69, 9.17) is 0 Å². The molecular weight excluding hydrogens is 472 g/mol. The first-order chi connectivity index (χ1) is 11.8. The second-order valence-corrected chi connectivity index (χ2v) is 8.83. The molecule has 0 heterocycles. The van der Waals surface area contributed by atoms with E-state index in [1.165, 1.54) is 18.2 Å². The number of benzene rings is 1. The van der Waals surface area contributed by atoms with Crippen molar-refractivity contribution in [2.45, 2.75) is 32.1 Å². The molecule has 3 N–H and O–H groups in total. The topological polar surface area (TPSA) is 90.8 Å². The predicted octanol–water partition coefficient (Wildman–Crippen LogP) is 1.82. The quantitative estimate of drug-likeness (QED) is 0.289. The van der Waals surface area contributed by atoms with Crippen molar-refractivity contribution in [2.75, 3.05) is 26.0 Å². The summed E-state index contributed by atoms with van der Waals surface area (Å²) in [4.78, 5) is 4.43. The van der Waals surface area contributed by atoms with Crippen LogP contribution in [-0.4, -0.2) is 45.4 Å². The second-order valence-electron chi connectivity index (χ2n) is 6.69. The van der Waals surface area contributed by atoms with Crippen molar-refractivity contribution in [3.05, 3.63) is 35.1 Å². The fourth-order valence-electron chi connectivity index (χ4n) is 2.51. The van der Waals surface area contributed by atoms with Crippen LogP contribution in [0.5, 0.6) is 0 Å². The van der Waals surface area contributed by atoms with E-state index in [-0.39, 0.29) is 48.3 Å². The maximum atomic E-state index is 13.6. The number of hydrogen-bond donors (Lipinski definition) is 3. The molecule has 1 aliphatic carbocycles. The van der Waals surface area contributed by atoms with Crippen molar-refractivity contribution < 1.29 is 17.9 Å². The average molecular weight is 499 g/mol. The summed E-state index contributed by atoms with van der Waals surface area (Å²) in [6.45, 7) is 3.53. The zero-order valence-corrected chi connectivity index (χ0v) is 18.2. The number of rotatable bonds is 8. The molecule has 0 aromatic heterocycles. The molecule has 2 rings (SSSR count). The molecule has 1 saturated carbocycles. The Hall–Kier alpha value is -0.940. The zero-order valence-electron chi connectivity index (χ0n) is 15.1. The summed E-state index contributed by atoms with van der Waals surface area (Å²) in [5.41, 5.74) is 1.04. The first kappa shape index (κ1) is 23.1. The van der Waals surface area contributed by atoms with Gasteiger partial charge < -0.3 is 15.7 Å². The molecule has 0 saturated heterocycles. The van der Waals surface area contributed by atoms with E-state index < -0.39 is 15.7 Å². The Morgan fingerprint density at radius 1 is 1.31 bits per heavy atom. The maximum absolute atomic E-state index is 13.6. The molecule has 0 bridgehead atoms. The average Bonchev–Trinajstić information content (AvgIpc) is 3.32. The van der Waals surface area contributed by atoms with Gasteiger partial charge in [-0.3, -0.25) is 0 Å². The van der Waals surface area contributed by atoms with Crippen LogP contribution in [-0.2, 0) is 22.1 Å². The number of aliphatic imine (C=N–C) groups is 1. The van der Waals surface area contributed by atoms with Crippen LogP contribution in [0.4, 0.5) is 4.39 Å². The Labute approximate surface area is 171 Å². The third kappa shape index (κ3) is 7.36. The Morgan fingerprint density at radius 3 is 2.54 bits per heavy atom. The molecule has 0 amide bonds. The van der Waals surface area contributed by atoms with Crippen molar-refractivity contribution in [3.8, 4) is 0 Å². The summed E-state index contributed by atoms with van der Waals surface area (Å²) in [7, 11) is -3.22. The maximum Gasteiger partial charge on any atom is 0.191 e. The number of halogens is 2. The number of aliphatic hydroxyl groups excluding tert-OH is 1. The van der Waals surface area contributed by atoms with E-state index in [2.05, 4.69) is 15.6 Å². The van der Waals surface area contributed by atoms with Gasteiger partial charge in [-0.15, -0.1) is 24.0 Å². The zero-order chi connectivity index (χ0) is 18.5. The minimum absolute atomic E-state index is 0. The standard InChI is InChI=1S/C17H26FN3O3S.HI/c1-3-19-16(21-11-17(12-22)6-7-17)20-9-14-8-15(18)5-4-13(14)10-25(2,23)24;/h4-5,8,22H,3,6-7,9-12H2,1-2H3,(H2,19,20,21);1H. The largest absolute Gasteiger partial charge is 0.396 e. The van der Waals surface area contributed by atoms with Gasteiger partial charge in [0.25, 0.3) is 0 Å². The Bertz CT molecular complexity index is 737. The van der Waals surface area contributed by atoms with Gasteiger partial charge in [0.15, 0.2) is 15.8 Å². The monoisotopic (exact) mass is 499 g/mol. The van der Waals surface area contributed by atoms with Gasteiger partial charge in [0.2, 0.25) is 0 Å². The first-order valence-electron chi connectivity index (χ1n) is 8.35. The van der Waals surface area contributed by atoms with Crippen LogP contribution in [0.1, 0.15) is 30.9 Å². The van der Waals surface area contributed by atoms with Crippen LogP contribution >= 0.6 is 24.0 Å². The summed E-state index contributed by atoms with van der Waals surface area (Å²) < 4.78 is 36.7. The lowest BCUT2D eigenvalue weighted by Crippen LogP contribution is -2.41. The van der Waals surface area contributed by atoms with Crippen LogP contribution in [0.3, 0.4) is 0 Å². The molecule has 148 valence electrons. The van der Waals surface area contributed by atoms with Crippen molar-refractivity contribution in [1.29, 1.82) is 0 Å². The van der Waals surface area contributed by atoms with Crippen LogP contribution in [0, 0.1) is 11.2 Å². The first-order valence-corrected chi connectivity index (χ1v) is 10.4. The lowest BCUT2D eigenvalue weighted by Gasteiger charge is -2.16. The highest BCUT2D eigenvalue weighted by Gasteiger charge is 2.41. The molecule has 0 spiro atoms. The highest BCUT2D eigenvalue weighted by Crippen LogP contribution is 2.44. The molecule has 1 fully saturated rings. The number of nitrogens with zero attached hydrogens (tertiary/aromatic N) is 1. The Morgan fingerprint density at radius 2 is 2.00 bits per heavy atom. The molecule has 0 radical (unpaired) electrons. The highest BCUT2D eigenvalue weighted by atomic mass is 127. The van der Waals surface area contributed by atoms with Crippen molar-refractivity contribution in [3.63, 3.8) is 0 Å². The van der Waals surface area contributed by atoms with Crippen LogP contribution in [0.15, 0.2) is 23.2 Å². The van der Waals surface area contributed by atoms with Gasteiger partial charge in [-0.2, -0.15) is 0 Å². The Kier molecular flexibility index (Phi) is 8.74. The molecule has 0 aliphatic heterocycles. The summed E-state index contributed by atoms with van der Waals surface area (Å²) >= 11 is 0. The van der Waals surface area contributed by atoms with Gasteiger partial charge in [0, 0.05) is 24.8 Å². The third-order valence-corrected chi connectivity index (χ3v) is 5.10. The van der Waals surface area contributed by atoms with Crippen molar-refractivity contribution >= 4 is 39.8 Å². The minimum Gasteiger partial charge on any atom is -0.396 e.